The van der Waals surface area contributed by atoms with Gasteiger partial charge in [0.2, 0.25) is 0 Å². The molecule has 0 unspecified atom stereocenters. The summed E-state index contributed by atoms with van der Waals surface area (Å²) in [6.45, 7) is 0. The largest absolute Gasteiger partial charge is 0.309 e. The van der Waals surface area contributed by atoms with E-state index in [1.165, 1.54) is 0 Å². The Bertz CT molecular complexity index is 4900. The highest BCUT2D eigenvalue weighted by molar-refractivity contribution is 6.12. The van der Waals surface area contributed by atoms with Crippen LogP contribution >= 0.6 is 0 Å². The zero-order chi connectivity index (χ0) is 60.5. The van der Waals surface area contributed by atoms with Crippen molar-refractivity contribution >= 4 is 21.8 Å². The zero-order valence-corrected chi connectivity index (χ0v) is 48.9. The van der Waals surface area contributed by atoms with Gasteiger partial charge in [0.05, 0.1) is 39.5 Å². The Morgan fingerprint density at radius 3 is 0.747 bits per heavy atom. The second-order valence-electron chi connectivity index (χ2n) is 22.0. The maximum absolute atomic E-state index is 5.53. The summed E-state index contributed by atoms with van der Waals surface area (Å²) in [5.74, 6) is 4.50. The van der Waals surface area contributed by atoms with Crippen molar-refractivity contribution in [3.05, 3.63) is 309 Å². The third-order valence-electron chi connectivity index (χ3n) is 16.1. The van der Waals surface area contributed by atoms with Crippen molar-refractivity contribution in [2.24, 2.45) is 0 Å². The molecule has 0 saturated carbocycles. The molecule has 0 fully saturated rings. The molecule has 0 N–H and O–H groups in total. The van der Waals surface area contributed by atoms with Gasteiger partial charge in [-0.1, -0.05) is 243 Å². The maximum Gasteiger partial charge on any atom is 0.164 e. The van der Waals surface area contributed by atoms with Crippen LogP contribution in [-0.4, -0.2) is 54.4 Å². The average Bonchev–Trinajstić information content (AvgIpc) is 1.62. The quantitative estimate of drug-likeness (QED) is 0.110. The molecule has 0 atom stereocenters. The van der Waals surface area contributed by atoms with Crippen molar-refractivity contribution in [1.29, 1.82) is 0 Å². The fourth-order valence-electron chi connectivity index (χ4n) is 11.7. The lowest BCUT2D eigenvalue weighted by atomic mass is 10.0. The van der Waals surface area contributed by atoms with Gasteiger partial charge in [-0.05, 0) is 66.7 Å². The van der Waals surface area contributed by atoms with Crippen LogP contribution in [0.3, 0.4) is 0 Å². The molecule has 0 aliphatic rings. The Hall–Kier alpha value is -12.6. The molecule has 16 aromatic rings. The van der Waals surface area contributed by atoms with E-state index >= 15 is 0 Å². The van der Waals surface area contributed by atoms with Crippen LogP contribution in [0, 0.1) is 0 Å². The Morgan fingerprint density at radius 1 is 0.176 bits per heavy atom. The fraction of sp³-hybridized carbons (Fsp3) is 0. The molecule has 11 heteroatoms. The maximum atomic E-state index is 5.53. The van der Waals surface area contributed by atoms with Gasteiger partial charge in [0, 0.05) is 77.5 Å². The van der Waals surface area contributed by atoms with Crippen LogP contribution in [-0.2, 0) is 0 Å². The lowest BCUT2D eigenvalue weighted by Crippen LogP contribution is -2.03. The predicted octanol–water partition coefficient (Wildman–Crippen LogP) is 18.7. The summed E-state index contributed by atoms with van der Waals surface area (Å²) in [6, 6.07) is 105. The van der Waals surface area contributed by atoms with Gasteiger partial charge in [0.15, 0.2) is 46.6 Å². The molecule has 11 nitrogen and oxygen atoms in total. The van der Waals surface area contributed by atoms with Gasteiger partial charge in [-0.3, -0.25) is 0 Å². The molecule has 426 valence electrons. The summed E-state index contributed by atoms with van der Waals surface area (Å²) in [6.07, 6.45) is 0. The van der Waals surface area contributed by atoms with E-state index in [0.29, 0.717) is 52.3 Å². The number of aromatic nitrogens is 11. The average molecular weight is 1170 g/mol. The molecule has 5 aromatic heterocycles. The second-order valence-corrected chi connectivity index (χ2v) is 22.0. The lowest BCUT2D eigenvalue weighted by Gasteiger charge is -2.17. The molecule has 0 bridgehead atoms. The minimum Gasteiger partial charge on any atom is -0.309 e. The fourth-order valence-corrected chi connectivity index (χ4v) is 11.7. The number of benzene rings is 11. The highest BCUT2D eigenvalue weighted by atomic mass is 15.1. The molecule has 11 aromatic carbocycles. The van der Waals surface area contributed by atoms with E-state index in [-0.39, 0.29) is 0 Å². The smallest absolute Gasteiger partial charge is 0.164 e. The van der Waals surface area contributed by atoms with Gasteiger partial charge >= 0.3 is 0 Å². The topological polar surface area (TPSA) is 134 Å². The van der Waals surface area contributed by atoms with Crippen molar-refractivity contribution in [1.82, 2.24) is 54.4 Å². The number of rotatable bonds is 13. The van der Waals surface area contributed by atoms with E-state index in [9.17, 15) is 0 Å². The highest BCUT2D eigenvalue weighted by Gasteiger charge is 2.24. The van der Waals surface area contributed by atoms with Crippen LogP contribution in [0.4, 0.5) is 0 Å². The normalized spacial score (nSPS) is 11.3. The standard InChI is InChI=1S/C80H51N11/c1-9-25-52(26-10-1)66-50-67(53-27-11-2-12-28-53)83-78(82-66)62-43-46-72(65(49-62)69-51-68(54-29-13-3-14-30-54)81-73(84-69)55-31-15-4-16-32-55)91-70-44-41-60(79-87-74(56-33-17-5-18-34-56)85-75(88-79)57-35-19-6-20-36-57)47-63(70)64-48-61(42-45-71(64)91)80-89-76(58-37-21-7-22-38-58)86-77(90-80)59-39-23-8-24-40-59/h1-51H. The summed E-state index contributed by atoms with van der Waals surface area (Å²) < 4.78 is 2.33. The van der Waals surface area contributed by atoms with E-state index in [0.717, 1.165) is 111 Å². The van der Waals surface area contributed by atoms with Gasteiger partial charge in [0.25, 0.3) is 0 Å². The van der Waals surface area contributed by atoms with Crippen molar-refractivity contribution in [3.63, 3.8) is 0 Å². The first-order valence-electron chi connectivity index (χ1n) is 30.0. The van der Waals surface area contributed by atoms with E-state index < -0.39 is 0 Å². The third-order valence-corrected chi connectivity index (χ3v) is 16.1. The summed E-state index contributed by atoms with van der Waals surface area (Å²) in [4.78, 5) is 52.5. The monoisotopic (exact) mass is 1170 g/mol. The minimum absolute atomic E-state index is 0.532. The number of hydrogen-bond donors (Lipinski definition) is 0. The van der Waals surface area contributed by atoms with Gasteiger partial charge in [0.1, 0.15) is 0 Å². The van der Waals surface area contributed by atoms with E-state index in [4.69, 9.17) is 49.8 Å². The van der Waals surface area contributed by atoms with Gasteiger partial charge in [-0.15, -0.1) is 0 Å². The molecular weight excluding hydrogens is 1110 g/mol. The van der Waals surface area contributed by atoms with Gasteiger partial charge in [-0.2, -0.15) is 0 Å². The van der Waals surface area contributed by atoms with Crippen LogP contribution in [0.15, 0.2) is 309 Å². The van der Waals surface area contributed by atoms with E-state index in [1.54, 1.807) is 0 Å². The molecular formula is C80H51N11. The van der Waals surface area contributed by atoms with Gasteiger partial charge < -0.3 is 4.57 Å². The summed E-state index contributed by atoms with van der Waals surface area (Å²) in [5.41, 5.74) is 16.4. The number of nitrogens with zero attached hydrogens (tertiary/aromatic N) is 11. The summed E-state index contributed by atoms with van der Waals surface area (Å²) in [7, 11) is 0. The van der Waals surface area contributed by atoms with Crippen LogP contribution < -0.4 is 0 Å². The first-order chi connectivity index (χ1) is 45.1. The van der Waals surface area contributed by atoms with Crippen molar-refractivity contribution in [2.75, 3.05) is 0 Å². The summed E-state index contributed by atoms with van der Waals surface area (Å²) in [5, 5.41) is 1.88. The Morgan fingerprint density at radius 2 is 0.418 bits per heavy atom. The van der Waals surface area contributed by atoms with Crippen molar-refractivity contribution < 1.29 is 0 Å². The molecule has 0 spiro atoms. The van der Waals surface area contributed by atoms with Crippen molar-refractivity contribution in [2.45, 2.75) is 0 Å². The number of hydrogen-bond acceptors (Lipinski definition) is 10. The molecule has 91 heavy (non-hydrogen) atoms. The Kier molecular flexibility index (Phi) is 14.0. The highest BCUT2D eigenvalue weighted by Crippen LogP contribution is 2.42. The molecule has 0 aliphatic heterocycles. The molecule has 0 saturated heterocycles. The van der Waals surface area contributed by atoms with Crippen molar-refractivity contribution in [3.8, 4) is 142 Å². The second kappa shape index (κ2) is 23.6. The first kappa shape index (κ1) is 53.8. The zero-order valence-electron chi connectivity index (χ0n) is 48.9. The van der Waals surface area contributed by atoms with Crippen LogP contribution in [0.2, 0.25) is 0 Å². The number of fused-ring (bicyclic) bond motifs is 3. The van der Waals surface area contributed by atoms with Gasteiger partial charge in [-0.25, -0.2) is 49.8 Å². The Balaban J connectivity index is 0.971. The summed E-state index contributed by atoms with van der Waals surface area (Å²) >= 11 is 0. The van der Waals surface area contributed by atoms with Crippen LogP contribution in [0.25, 0.3) is 164 Å². The van der Waals surface area contributed by atoms with Crippen LogP contribution in [0.5, 0.6) is 0 Å². The third kappa shape index (κ3) is 10.7. The Labute approximate surface area is 524 Å². The molecule has 5 heterocycles. The first-order valence-corrected chi connectivity index (χ1v) is 30.0. The van der Waals surface area contributed by atoms with E-state index in [2.05, 4.69) is 120 Å². The molecule has 16 rings (SSSR count). The SMILES string of the molecule is c1ccc(-c2cc(-c3ccccc3)nc(-c3ccc(-n4c5ccc(-c6nc(-c7ccccc7)nc(-c7ccccc7)n6)cc5c5cc(-c6nc(-c7ccccc7)nc(-c7ccccc7)n6)ccc54)c(-c4cc(-c5ccccc5)nc(-c5ccccc5)n4)c3)n2)cc1. The van der Waals surface area contributed by atoms with Crippen LogP contribution in [0.1, 0.15) is 0 Å². The minimum atomic E-state index is 0.532. The molecule has 0 aliphatic carbocycles. The van der Waals surface area contributed by atoms with E-state index in [1.807, 2.05) is 194 Å². The predicted molar refractivity (Wildman–Crippen MR) is 364 cm³/mol. The lowest BCUT2D eigenvalue weighted by molar-refractivity contribution is 1.07. The molecule has 0 amide bonds. The molecule has 0 radical (unpaired) electrons.